The molecule has 0 spiro atoms. The van der Waals surface area contributed by atoms with Crippen LogP contribution in [0.1, 0.15) is 10.4 Å². The molecule has 4 N–H and O–H groups in total. The maximum absolute atomic E-state index is 10.3. The van der Waals surface area contributed by atoms with Crippen LogP contribution in [0.2, 0.25) is 0 Å². The van der Waals surface area contributed by atoms with Crippen LogP contribution in [-0.4, -0.2) is 6.29 Å². The summed E-state index contributed by atoms with van der Waals surface area (Å²) >= 11 is 2.33. The van der Waals surface area contributed by atoms with Crippen LogP contribution in [0.5, 0.6) is 0 Å². The van der Waals surface area contributed by atoms with Gasteiger partial charge >= 0.3 is 0 Å². The van der Waals surface area contributed by atoms with Crippen molar-refractivity contribution in [3.8, 4) is 0 Å². The van der Waals surface area contributed by atoms with E-state index in [2.05, 4.69) is 0 Å². The molecule has 0 amide bonds. The third kappa shape index (κ3) is 1.16. The predicted molar refractivity (Wildman–Crippen MR) is 44.2 cm³/mol. The molecule has 0 bridgehead atoms. The number of aldehydes is 1. The van der Waals surface area contributed by atoms with E-state index in [4.69, 9.17) is 10.9 Å². The molecule has 54 valence electrons. The number of nitrogens with two attached hydrogens (primary N) is 2. The monoisotopic (exact) mass is 174 g/mol. The van der Waals surface area contributed by atoms with Crippen molar-refractivity contribution >= 4 is 34.6 Å². The topological polar surface area (TPSA) is 69.1 Å². The molecule has 1 rings (SSSR count). The van der Waals surface area contributed by atoms with Crippen LogP contribution < -0.4 is 10.9 Å². The van der Waals surface area contributed by atoms with Crippen LogP contribution in [0.25, 0.3) is 0 Å². The van der Waals surface area contributed by atoms with Gasteiger partial charge in [0.15, 0.2) is 6.29 Å². The first kappa shape index (κ1) is 7.59. The van der Waals surface area contributed by atoms with Gasteiger partial charge < -0.3 is 5.73 Å². The smallest absolute Gasteiger partial charge is 0.152 e. The van der Waals surface area contributed by atoms with E-state index in [1.165, 1.54) is 11.3 Å². The highest BCUT2D eigenvalue weighted by Crippen LogP contribution is 2.30. The number of nitrogen functional groups attached to an aromatic ring is 1. The lowest BCUT2D eigenvalue weighted by Crippen LogP contribution is -1.88. The highest BCUT2D eigenvalue weighted by molar-refractivity contribution is 7.97. The van der Waals surface area contributed by atoms with Gasteiger partial charge in [-0.3, -0.25) is 9.93 Å². The zero-order valence-corrected chi connectivity index (χ0v) is 6.67. The van der Waals surface area contributed by atoms with Gasteiger partial charge in [0.05, 0.1) is 4.90 Å². The molecule has 10 heavy (non-hydrogen) atoms. The van der Waals surface area contributed by atoms with E-state index in [9.17, 15) is 4.79 Å². The summed E-state index contributed by atoms with van der Waals surface area (Å²) in [7, 11) is 0. The lowest BCUT2D eigenvalue weighted by Gasteiger charge is -1.91. The minimum absolute atomic E-state index is 0.579. The first-order chi connectivity index (χ1) is 4.79. The third-order valence-corrected chi connectivity index (χ3v) is 2.69. The normalized spacial score (nSPS) is 9.70. The fraction of sp³-hybridized carbons (Fsp3) is 0. The molecular weight excluding hydrogens is 168 g/mol. The summed E-state index contributed by atoms with van der Waals surface area (Å²) < 4.78 is 0. The highest BCUT2D eigenvalue weighted by Gasteiger charge is 2.06. The number of carbonyl (C=O) groups is 1. The Labute approximate surface area is 66.5 Å². The summed E-state index contributed by atoms with van der Waals surface area (Å²) in [6, 6.07) is 0. The molecule has 0 aliphatic heterocycles. The van der Waals surface area contributed by atoms with Gasteiger partial charge in [0.25, 0.3) is 0 Å². The van der Waals surface area contributed by atoms with E-state index >= 15 is 0 Å². The zero-order chi connectivity index (χ0) is 7.56. The molecule has 1 aromatic heterocycles. The van der Waals surface area contributed by atoms with E-state index in [0.717, 1.165) is 18.2 Å². The van der Waals surface area contributed by atoms with Gasteiger partial charge in [-0.2, -0.15) is 0 Å². The number of carbonyl (C=O) groups excluding carboxylic acids is 1. The van der Waals surface area contributed by atoms with Crippen molar-refractivity contribution < 1.29 is 4.79 Å². The summed E-state index contributed by atoms with van der Waals surface area (Å²) in [5, 5.41) is 7.55. The van der Waals surface area contributed by atoms with Crippen molar-refractivity contribution in [1.29, 1.82) is 0 Å². The average Bonchev–Trinajstić information content (AvgIpc) is 2.30. The molecule has 0 aliphatic carbocycles. The van der Waals surface area contributed by atoms with Crippen LogP contribution in [0.4, 0.5) is 5.00 Å². The van der Waals surface area contributed by atoms with Crippen LogP contribution in [-0.2, 0) is 0 Å². The van der Waals surface area contributed by atoms with Crippen molar-refractivity contribution in [2.45, 2.75) is 4.90 Å². The molecule has 0 unspecified atom stereocenters. The van der Waals surface area contributed by atoms with Crippen molar-refractivity contribution in [3.05, 3.63) is 10.9 Å². The number of hydrogen-bond donors (Lipinski definition) is 2. The minimum atomic E-state index is 0.579. The molecule has 0 aromatic carbocycles. The number of rotatable bonds is 2. The van der Waals surface area contributed by atoms with E-state index < -0.39 is 0 Å². The van der Waals surface area contributed by atoms with Crippen LogP contribution in [0.3, 0.4) is 0 Å². The van der Waals surface area contributed by atoms with Gasteiger partial charge in [0, 0.05) is 10.9 Å². The van der Waals surface area contributed by atoms with E-state index in [0.29, 0.717) is 15.5 Å². The van der Waals surface area contributed by atoms with E-state index in [1.807, 2.05) is 0 Å². The molecule has 3 nitrogen and oxygen atoms in total. The van der Waals surface area contributed by atoms with Crippen molar-refractivity contribution in [1.82, 2.24) is 0 Å². The maximum atomic E-state index is 10.3. The van der Waals surface area contributed by atoms with Crippen LogP contribution >= 0.6 is 23.3 Å². The molecule has 5 heteroatoms. The van der Waals surface area contributed by atoms with Gasteiger partial charge in [0.2, 0.25) is 0 Å². The molecule has 0 radical (unpaired) electrons. The molecule has 0 saturated heterocycles. The van der Waals surface area contributed by atoms with Gasteiger partial charge in [0.1, 0.15) is 5.00 Å². The molecule has 1 aromatic rings. The Morgan fingerprint density at radius 1 is 1.70 bits per heavy atom. The predicted octanol–water partition coefficient (Wildman–Crippen LogP) is 1.11. The van der Waals surface area contributed by atoms with Crippen molar-refractivity contribution in [3.63, 3.8) is 0 Å². The molecule has 0 aliphatic rings. The second-order valence-corrected chi connectivity index (χ2v) is 3.18. The number of anilines is 1. The second kappa shape index (κ2) is 3.05. The van der Waals surface area contributed by atoms with E-state index in [-0.39, 0.29) is 0 Å². The number of hydrogen-bond acceptors (Lipinski definition) is 5. The Bertz CT molecular complexity index is 246. The maximum Gasteiger partial charge on any atom is 0.152 e. The molecule has 0 atom stereocenters. The first-order valence-corrected chi connectivity index (χ1v) is 4.24. The third-order valence-electron chi connectivity index (χ3n) is 1.04. The van der Waals surface area contributed by atoms with Gasteiger partial charge in [-0.25, -0.2) is 0 Å². The average molecular weight is 174 g/mol. The molecule has 0 fully saturated rings. The quantitative estimate of drug-likeness (QED) is 0.520. The highest BCUT2D eigenvalue weighted by atomic mass is 32.2. The van der Waals surface area contributed by atoms with Crippen LogP contribution in [0, 0.1) is 0 Å². The van der Waals surface area contributed by atoms with Crippen LogP contribution in [0.15, 0.2) is 10.3 Å². The largest absolute Gasteiger partial charge is 0.390 e. The number of thiophene rings is 1. The lowest BCUT2D eigenvalue weighted by molar-refractivity contribution is 0.112. The Kier molecular flexibility index (Phi) is 2.31. The Morgan fingerprint density at radius 2 is 2.40 bits per heavy atom. The Morgan fingerprint density at radius 3 is 2.80 bits per heavy atom. The van der Waals surface area contributed by atoms with Gasteiger partial charge in [-0.1, -0.05) is 0 Å². The van der Waals surface area contributed by atoms with Gasteiger partial charge in [-0.15, -0.1) is 11.3 Å². The lowest BCUT2D eigenvalue weighted by atomic mass is 10.4. The SMILES string of the molecule is NSc1c(C=O)csc1N. The van der Waals surface area contributed by atoms with Crippen molar-refractivity contribution in [2.24, 2.45) is 5.14 Å². The summed E-state index contributed by atoms with van der Waals surface area (Å²) in [6.07, 6.45) is 0.752. The molecular formula is C5H6N2OS2. The fourth-order valence-electron chi connectivity index (χ4n) is 0.584. The Balaban J connectivity index is 3.12. The second-order valence-electron chi connectivity index (χ2n) is 1.62. The zero-order valence-electron chi connectivity index (χ0n) is 5.03. The Hall–Kier alpha value is -0.520. The van der Waals surface area contributed by atoms with Crippen molar-refractivity contribution in [2.75, 3.05) is 5.73 Å². The summed E-state index contributed by atoms with van der Waals surface area (Å²) in [5.41, 5.74) is 6.06. The molecule has 0 saturated carbocycles. The first-order valence-electron chi connectivity index (χ1n) is 2.48. The fourth-order valence-corrected chi connectivity index (χ4v) is 1.96. The molecule has 1 heterocycles. The summed E-state index contributed by atoms with van der Waals surface area (Å²) in [6.45, 7) is 0. The van der Waals surface area contributed by atoms with Gasteiger partial charge in [-0.05, 0) is 11.9 Å². The van der Waals surface area contributed by atoms with E-state index in [1.54, 1.807) is 5.38 Å². The summed E-state index contributed by atoms with van der Waals surface area (Å²) in [5.74, 6) is 0. The standard InChI is InChI=1S/C5H6N2OS2/c6-5-4(10-7)3(1-8)2-9-5/h1-2H,6-7H2. The minimum Gasteiger partial charge on any atom is -0.390 e. The summed E-state index contributed by atoms with van der Waals surface area (Å²) in [4.78, 5) is 11.0.